The molecule has 0 atom stereocenters. The molecule has 2 aromatic rings. The second kappa shape index (κ2) is 5.78. The monoisotopic (exact) mass is 254 g/mol. The molecule has 19 heavy (non-hydrogen) atoms. The van der Waals surface area contributed by atoms with Crippen LogP contribution >= 0.6 is 0 Å². The molecule has 0 fully saturated rings. The van der Waals surface area contributed by atoms with E-state index in [4.69, 9.17) is 20.5 Å². The molecule has 2 aromatic carbocycles. The molecule has 0 saturated heterocycles. The summed E-state index contributed by atoms with van der Waals surface area (Å²) in [6, 6.07) is 14.6. The highest BCUT2D eigenvalue weighted by Gasteiger charge is 2.05. The van der Waals surface area contributed by atoms with E-state index in [-0.39, 0.29) is 0 Å². The highest BCUT2D eigenvalue weighted by Crippen LogP contribution is 2.29. The number of hydrogen-bond acceptors (Lipinski definition) is 4. The van der Waals surface area contributed by atoms with Crippen molar-refractivity contribution in [2.45, 2.75) is 6.61 Å². The number of nitrogen functional groups attached to an aromatic ring is 1. The lowest BCUT2D eigenvalue weighted by Gasteiger charge is -2.11. The summed E-state index contributed by atoms with van der Waals surface area (Å²) in [5.41, 5.74) is 7.86. The van der Waals surface area contributed by atoms with Gasteiger partial charge in [-0.3, -0.25) is 0 Å². The summed E-state index contributed by atoms with van der Waals surface area (Å²) in [5.74, 6) is 1.22. The Labute approximate surface area is 112 Å². The van der Waals surface area contributed by atoms with Gasteiger partial charge < -0.3 is 15.2 Å². The Hall–Kier alpha value is -2.67. The van der Waals surface area contributed by atoms with Crippen LogP contribution in [0.3, 0.4) is 0 Å². The zero-order valence-corrected chi connectivity index (χ0v) is 10.6. The van der Waals surface area contributed by atoms with Gasteiger partial charge in [-0.1, -0.05) is 12.1 Å². The number of benzene rings is 2. The summed E-state index contributed by atoms with van der Waals surface area (Å²) in [5, 5.41) is 8.84. The summed E-state index contributed by atoms with van der Waals surface area (Å²) in [4.78, 5) is 0. The lowest BCUT2D eigenvalue weighted by Crippen LogP contribution is -1.99. The molecule has 96 valence electrons. The predicted octanol–water partition coefficient (Wildman–Crippen LogP) is 2.73. The minimum Gasteiger partial charge on any atom is -0.493 e. The number of ether oxygens (including phenoxy) is 2. The molecule has 0 unspecified atom stereocenters. The fourth-order valence-corrected chi connectivity index (χ4v) is 1.70. The number of nitrogens with two attached hydrogens (primary N) is 1. The van der Waals surface area contributed by atoms with Gasteiger partial charge >= 0.3 is 0 Å². The van der Waals surface area contributed by atoms with Crippen molar-refractivity contribution >= 4 is 5.69 Å². The Morgan fingerprint density at radius 1 is 1.16 bits per heavy atom. The molecule has 0 saturated carbocycles. The number of nitriles is 1. The van der Waals surface area contributed by atoms with Crippen LogP contribution < -0.4 is 15.2 Å². The number of hydrogen-bond donors (Lipinski definition) is 1. The maximum atomic E-state index is 8.84. The van der Waals surface area contributed by atoms with E-state index in [1.54, 1.807) is 37.4 Å². The van der Waals surface area contributed by atoms with Crippen LogP contribution in [0.25, 0.3) is 0 Å². The zero-order valence-electron chi connectivity index (χ0n) is 10.6. The van der Waals surface area contributed by atoms with Gasteiger partial charge in [-0.25, -0.2) is 0 Å². The number of nitrogens with zero attached hydrogens (tertiary/aromatic N) is 1. The summed E-state index contributed by atoms with van der Waals surface area (Å²) in [6.07, 6.45) is 0. The van der Waals surface area contributed by atoms with Gasteiger partial charge in [0.25, 0.3) is 0 Å². The van der Waals surface area contributed by atoms with Crippen LogP contribution in [-0.4, -0.2) is 7.11 Å². The van der Waals surface area contributed by atoms with E-state index in [1.807, 2.05) is 12.1 Å². The van der Waals surface area contributed by atoms with Gasteiger partial charge in [0.05, 0.1) is 18.7 Å². The van der Waals surface area contributed by atoms with Crippen LogP contribution in [0.4, 0.5) is 5.69 Å². The second-order valence-electron chi connectivity index (χ2n) is 4.01. The van der Waals surface area contributed by atoms with Crippen molar-refractivity contribution in [1.29, 1.82) is 5.26 Å². The molecule has 2 N–H and O–H groups in total. The maximum absolute atomic E-state index is 8.84. The second-order valence-corrected chi connectivity index (χ2v) is 4.01. The van der Waals surface area contributed by atoms with Crippen LogP contribution in [0.5, 0.6) is 11.5 Å². The van der Waals surface area contributed by atoms with E-state index in [1.165, 1.54) is 0 Å². The first kappa shape index (κ1) is 12.8. The van der Waals surface area contributed by atoms with Crippen molar-refractivity contribution in [2.75, 3.05) is 12.8 Å². The van der Waals surface area contributed by atoms with E-state index in [9.17, 15) is 0 Å². The van der Waals surface area contributed by atoms with E-state index in [2.05, 4.69) is 6.07 Å². The quantitative estimate of drug-likeness (QED) is 0.852. The minimum absolute atomic E-state index is 0.356. The van der Waals surface area contributed by atoms with E-state index in [0.717, 1.165) is 5.56 Å². The summed E-state index contributed by atoms with van der Waals surface area (Å²) in [7, 11) is 1.58. The smallest absolute Gasteiger partial charge is 0.163 e. The first-order chi connectivity index (χ1) is 9.22. The summed E-state index contributed by atoms with van der Waals surface area (Å²) >= 11 is 0. The topological polar surface area (TPSA) is 68.3 Å². The molecule has 0 aliphatic carbocycles. The molecule has 4 heteroatoms. The van der Waals surface area contributed by atoms with E-state index in [0.29, 0.717) is 29.4 Å². The SMILES string of the molecule is COc1ccc(N)cc1OCc1cccc(C#N)c1. The zero-order chi connectivity index (χ0) is 13.7. The third-order valence-corrected chi connectivity index (χ3v) is 2.64. The Bertz CT molecular complexity index is 618. The molecule has 0 aliphatic rings. The summed E-state index contributed by atoms with van der Waals surface area (Å²) < 4.78 is 10.9. The van der Waals surface area contributed by atoms with Gasteiger partial charge in [-0.05, 0) is 29.8 Å². The van der Waals surface area contributed by atoms with Crippen LogP contribution in [0.1, 0.15) is 11.1 Å². The molecule has 0 aromatic heterocycles. The lowest BCUT2D eigenvalue weighted by molar-refractivity contribution is 0.284. The number of methoxy groups -OCH3 is 1. The molecular formula is C15H14N2O2. The molecule has 0 amide bonds. The lowest BCUT2D eigenvalue weighted by atomic mass is 10.1. The average molecular weight is 254 g/mol. The molecule has 4 nitrogen and oxygen atoms in total. The first-order valence-electron chi connectivity index (χ1n) is 5.78. The van der Waals surface area contributed by atoms with Gasteiger partial charge in [-0.2, -0.15) is 5.26 Å². The highest BCUT2D eigenvalue weighted by atomic mass is 16.5. The van der Waals surface area contributed by atoms with Crippen molar-refractivity contribution < 1.29 is 9.47 Å². The van der Waals surface area contributed by atoms with Crippen molar-refractivity contribution in [3.63, 3.8) is 0 Å². The summed E-state index contributed by atoms with van der Waals surface area (Å²) in [6.45, 7) is 0.356. The molecule has 2 rings (SSSR count). The van der Waals surface area contributed by atoms with E-state index < -0.39 is 0 Å². The van der Waals surface area contributed by atoms with E-state index >= 15 is 0 Å². The molecule has 0 radical (unpaired) electrons. The predicted molar refractivity (Wildman–Crippen MR) is 72.9 cm³/mol. The maximum Gasteiger partial charge on any atom is 0.163 e. The molecule has 0 spiro atoms. The Balaban J connectivity index is 2.14. The van der Waals surface area contributed by atoms with Crippen molar-refractivity contribution in [2.24, 2.45) is 0 Å². The highest BCUT2D eigenvalue weighted by molar-refractivity contribution is 5.52. The van der Waals surface area contributed by atoms with Crippen molar-refractivity contribution in [3.05, 3.63) is 53.6 Å². The third kappa shape index (κ3) is 3.17. The molecule has 0 heterocycles. The normalized spacial score (nSPS) is 9.68. The van der Waals surface area contributed by atoms with Gasteiger partial charge in [0, 0.05) is 11.8 Å². The van der Waals surface area contributed by atoms with Crippen molar-refractivity contribution in [3.8, 4) is 17.6 Å². The van der Waals surface area contributed by atoms with Crippen LogP contribution in [0, 0.1) is 11.3 Å². The number of anilines is 1. The van der Waals surface area contributed by atoms with Crippen molar-refractivity contribution in [1.82, 2.24) is 0 Å². The van der Waals surface area contributed by atoms with Gasteiger partial charge in [0.2, 0.25) is 0 Å². The fourth-order valence-electron chi connectivity index (χ4n) is 1.70. The van der Waals surface area contributed by atoms with Crippen LogP contribution in [0.15, 0.2) is 42.5 Å². The van der Waals surface area contributed by atoms with Crippen LogP contribution in [0.2, 0.25) is 0 Å². The Morgan fingerprint density at radius 3 is 2.74 bits per heavy atom. The first-order valence-corrected chi connectivity index (χ1v) is 5.78. The third-order valence-electron chi connectivity index (χ3n) is 2.64. The molecule has 0 aliphatic heterocycles. The Kier molecular flexibility index (Phi) is 3.89. The Morgan fingerprint density at radius 2 is 2.00 bits per heavy atom. The standard InChI is InChI=1S/C15H14N2O2/c1-18-14-6-5-13(17)8-15(14)19-10-12-4-2-3-11(7-12)9-16/h2-8H,10,17H2,1H3. The van der Waals surface area contributed by atoms with Crippen LogP contribution in [-0.2, 0) is 6.61 Å². The van der Waals surface area contributed by atoms with Gasteiger partial charge in [0.1, 0.15) is 6.61 Å². The largest absolute Gasteiger partial charge is 0.493 e. The number of rotatable bonds is 4. The van der Waals surface area contributed by atoms with Gasteiger partial charge in [-0.15, -0.1) is 0 Å². The van der Waals surface area contributed by atoms with Gasteiger partial charge in [0.15, 0.2) is 11.5 Å². The minimum atomic E-state index is 0.356. The fraction of sp³-hybridized carbons (Fsp3) is 0.133. The molecule has 0 bridgehead atoms. The molecular weight excluding hydrogens is 240 g/mol. The average Bonchev–Trinajstić information content (AvgIpc) is 2.45.